The van der Waals surface area contributed by atoms with Crippen LogP contribution < -0.4 is 5.73 Å². The van der Waals surface area contributed by atoms with Gasteiger partial charge in [0.25, 0.3) is 0 Å². The van der Waals surface area contributed by atoms with Gasteiger partial charge in [-0.25, -0.2) is 0 Å². The van der Waals surface area contributed by atoms with Crippen LogP contribution in [0.15, 0.2) is 0 Å². The molecule has 0 bridgehead atoms. The molecule has 0 aromatic rings. The molecule has 2 N–H and O–H groups in total. The molecule has 1 rings (SSSR count). The van der Waals surface area contributed by atoms with Crippen molar-refractivity contribution < 1.29 is 0 Å². The Bertz CT molecular complexity index is 134. The quantitative estimate of drug-likeness (QED) is 0.742. The molecule has 1 saturated carbocycles. The predicted octanol–water partition coefficient (Wildman–Crippen LogP) is 2.48. The third kappa shape index (κ3) is 3.97. The summed E-state index contributed by atoms with van der Waals surface area (Å²) in [6.07, 6.45) is 5.03. The van der Waals surface area contributed by atoms with Gasteiger partial charge < -0.3 is 10.6 Å². The minimum atomic E-state index is 0.445. The van der Waals surface area contributed by atoms with E-state index in [-0.39, 0.29) is 0 Å². The Kier molecular flexibility index (Phi) is 7.20. The normalized spacial score (nSPS) is 32.4. The van der Waals surface area contributed by atoms with Crippen molar-refractivity contribution in [2.45, 2.75) is 58.5 Å². The van der Waals surface area contributed by atoms with E-state index in [4.69, 9.17) is 5.73 Å². The summed E-state index contributed by atoms with van der Waals surface area (Å²) < 4.78 is 0. The molecule has 0 aliphatic heterocycles. The highest BCUT2D eigenvalue weighted by Gasteiger charge is 2.28. The van der Waals surface area contributed by atoms with E-state index < -0.39 is 0 Å². The lowest BCUT2D eigenvalue weighted by Gasteiger charge is -2.38. The lowest BCUT2D eigenvalue weighted by molar-refractivity contribution is 0.140. The van der Waals surface area contributed by atoms with Crippen LogP contribution in [-0.2, 0) is 0 Å². The van der Waals surface area contributed by atoms with Crippen molar-refractivity contribution in [1.29, 1.82) is 0 Å². The second-order valence-corrected chi connectivity index (χ2v) is 4.27. The Hall–Kier alpha value is -0.0800. The molecule has 1 fully saturated rings. The molecular formula is C12H28N2. The van der Waals surface area contributed by atoms with Gasteiger partial charge in [-0.3, -0.25) is 0 Å². The molecule has 3 unspecified atom stereocenters. The largest absolute Gasteiger partial charge is 0.328 e. The highest BCUT2D eigenvalue weighted by Crippen LogP contribution is 2.28. The molecular weight excluding hydrogens is 172 g/mol. The van der Waals surface area contributed by atoms with E-state index in [1.54, 1.807) is 0 Å². The van der Waals surface area contributed by atoms with Crippen LogP contribution in [0, 0.1) is 5.92 Å². The number of hydrogen-bond donors (Lipinski definition) is 1. The first kappa shape index (κ1) is 13.9. The highest BCUT2D eigenvalue weighted by molar-refractivity contribution is 4.85. The summed E-state index contributed by atoms with van der Waals surface area (Å²) in [5, 5.41) is 0. The van der Waals surface area contributed by atoms with E-state index in [1.165, 1.54) is 25.7 Å². The van der Waals surface area contributed by atoms with Crippen molar-refractivity contribution in [2.24, 2.45) is 11.7 Å². The minimum Gasteiger partial charge on any atom is -0.328 e. The highest BCUT2D eigenvalue weighted by atomic mass is 15.1. The van der Waals surface area contributed by atoms with Gasteiger partial charge in [0, 0.05) is 12.1 Å². The third-order valence-corrected chi connectivity index (χ3v) is 3.18. The number of hydrogen-bond acceptors (Lipinski definition) is 2. The Balaban J connectivity index is 0.000000791. The Morgan fingerprint density at radius 3 is 2.21 bits per heavy atom. The maximum Gasteiger partial charge on any atom is 0.0132 e. The zero-order chi connectivity index (χ0) is 11.1. The van der Waals surface area contributed by atoms with Crippen LogP contribution in [0.3, 0.4) is 0 Å². The van der Waals surface area contributed by atoms with Gasteiger partial charge in [-0.05, 0) is 39.3 Å². The van der Waals surface area contributed by atoms with Crippen LogP contribution in [0.5, 0.6) is 0 Å². The van der Waals surface area contributed by atoms with E-state index >= 15 is 0 Å². The smallest absolute Gasteiger partial charge is 0.0132 e. The Labute approximate surface area is 89.9 Å². The molecule has 1 aliphatic carbocycles. The molecule has 0 radical (unpaired) electrons. The number of rotatable bonds is 2. The van der Waals surface area contributed by atoms with Gasteiger partial charge in [0.2, 0.25) is 0 Å². The molecule has 1 aliphatic rings. The molecule has 0 aromatic heterocycles. The summed E-state index contributed by atoms with van der Waals surface area (Å²) in [6, 6.07) is 1.17. The van der Waals surface area contributed by atoms with E-state index in [1.807, 2.05) is 13.8 Å². The van der Waals surface area contributed by atoms with Gasteiger partial charge >= 0.3 is 0 Å². The van der Waals surface area contributed by atoms with Gasteiger partial charge in [0.1, 0.15) is 0 Å². The van der Waals surface area contributed by atoms with Crippen LogP contribution in [0.4, 0.5) is 0 Å². The molecule has 0 spiro atoms. The first-order valence-corrected chi connectivity index (χ1v) is 6.07. The zero-order valence-electron chi connectivity index (χ0n) is 10.6. The monoisotopic (exact) mass is 200 g/mol. The fourth-order valence-corrected chi connectivity index (χ4v) is 2.35. The lowest BCUT2D eigenvalue weighted by Crippen LogP contribution is -2.44. The first-order chi connectivity index (χ1) is 6.65. The Morgan fingerprint density at radius 2 is 1.79 bits per heavy atom. The zero-order valence-corrected chi connectivity index (χ0v) is 10.6. The van der Waals surface area contributed by atoms with Gasteiger partial charge in [-0.2, -0.15) is 0 Å². The van der Waals surface area contributed by atoms with Crippen LogP contribution in [0.2, 0.25) is 0 Å². The van der Waals surface area contributed by atoms with Crippen molar-refractivity contribution in [1.82, 2.24) is 4.90 Å². The average Bonchev–Trinajstić information content (AvgIpc) is 2.20. The van der Waals surface area contributed by atoms with Crippen molar-refractivity contribution in [3.05, 3.63) is 0 Å². The van der Waals surface area contributed by atoms with Crippen molar-refractivity contribution >= 4 is 0 Å². The van der Waals surface area contributed by atoms with E-state index in [0.717, 1.165) is 12.0 Å². The summed E-state index contributed by atoms with van der Waals surface area (Å²) in [5.74, 6) is 0.875. The van der Waals surface area contributed by atoms with Crippen molar-refractivity contribution in [3.8, 4) is 0 Å². The fourth-order valence-electron chi connectivity index (χ4n) is 2.35. The fraction of sp³-hybridized carbons (Fsp3) is 1.00. The van der Waals surface area contributed by atoms with Gasteiger partial charge in [0.05, 0.1) is 0 Å². The molecule has 2 heteroatoms. The topological polar surface area (TPSA) is 29.3 Å². The molecule has 2 nitrogen and oxygen atoms in total. The third-order valence-electron chi connectivity index (χ3n) is 3.18. The van der Waals surface area contributed by atoms with E-state index in [2.05, 4.69) is 25.9 Å². The van der Waals surface area contributed by atoms with E-state index in [0.29, 0.717) is 6.04 Å². The predicted molar refractivity (Wildman–Crippen MR) is 64.4 cm³/mol. The van der Waals surface area contributed by atoms with Gasteiger partial charge in [-0.1, -0.05) is 27.2 Å². The Morgan fingerprint density at radius 1 is 1.21 bits per heavy atom. The number of nitrogens with two attached hydrogens (primary N) is 1. The molecule has 0 amide bonds. The SMILES string of the molecule is CC.CCC1CCC(N)CC1N(C)C. The van der Waals surface area contributed by atoms with Crippen molar-refractivity contribution in [3.63, 3.8) is 0 Å². The van der Waals surface area contributed by atoms with Crippen LogP contribution in [0.1, 0.15) is 46.5 Å². The molecule has 86 valence electrons. The van der Waals surface area contributed by atoms with Gasteiger partial charge in [-0.15, -0.1) is 0 Å². The van der Waals surface area contributed by atoms with Crippen LogP contribution in [0.25, 0.3) is 0 Å². The minimum absolute atomic E-state index is 0.445. The summed E-state index contributed by atoms with van der Waals surface area (Å²) in [4.78, 5) is 2.34. The maximum atomic E-state index is 5.95. The van der Waals surface area contributed by atoms with Crippen molar-refractivity contribution in [2.75, 3.05) is 14.1 Å². The number of nitrogens with zero attached hydrogens (tertiary/aromatic N) is 1. The second kappa shape index (κ2) is 7.24. The molecule has 3 atom stereocenters. The summed E-state index contributed by atoms with van der Waals surface area (Å²) in [5.41, 5.74) is 5.95. The lowest BCUT2D eigenvalue weighted by atomic mass is 9.80. The first-order valence-electron chi connectivity index (χ1n) is 6.07. The molecule has 0 heterocycles. The summed E-state index contributed by atoms with van der Waals surface area (Å²) in [6.45, 7) is 6.29. The average molecular weight is 200 g/mol. The molecule has 14 heavy (non-hydrogen) atoms. The van der Waals surface area contributed by atoms with Gasteiger partial charge in [0.15, 0.2) is 0 Å². The van der Waals surface area contributed by atoms with E-state index in [9.17, 15) is 0 Å². The standard InChI is InChI=1S/C10H22N2.C2H6/c1-4-8-5-6-9(11)7-10(8)12(2)3;1-2/h8-10H,4-7,11H2,1-3H3;1-2H3. The summed E-state index contributed by atoms with van der Waals surface area (Å²) in [7, 11) is 4.34. The summed E-state index contributed by atoms with van der Waals surface area (Å²) >= 11 is 0. The van der Waals surface area contributed by atoms with Crippen LogP contribution in [-0.4, -0.2) is 31.1 Å². The second-order valence-electron chi connectivity index (χ2n) is 4.27. The molecule has 0 aromatic carbocycles. The molecule has 0 saturated heterocycles. The maximum absolute atomic E-state index is 5.95. The van der Waals surface area contributed by atoms with Crippen LogP contribution >= 0.6 is 0 Å².